The average Bonchev–Trinajstić information content (AvgIpc) is 2.94. The van der Waals surface area contributed by atoms with E-state index in [2.05, 4.69) is 24.4 Å². The van der Waals surface area contributed by atoms with Crippen molar-refractivity contribution in [3.8, 4) is 5.75 Å². The number of hydrogen-bond acceptors (Lipinski definition) is 4. The van der Waals surface area contributed by atoms with Gasteiger partial charge in [0.2, 0.25) is 11.8 Å². The van der Waals surface area contributed by atoms with Crippen LogP contribution >= 0.6 is 11.8 Å². The van der Waals surface area contributed by atoms with Gasteiger partial charge in [-0.25, -0.2) is 0 Å². The minimum atomic E-state index is -0.600. The first-order valence-corrected chi connectivity index (χ1v) is 14.1. The lowest BCUT2D eigenvalue weighted by Gasteiger charge is -2.31. The summed E-state index contributed by atoms with van der Waals surface area (Å²) < 4.78 is 5.40. The van der Waals surface area contributed by atoms with E-state index in [0.717, 1.165) is 35.5 Å². The highest BCUT2D eigenvalue weighted by atomic mass is 32.2. The van der Waals surface area contributed by atoms with Gasteiger partial charge in [-0.3, -0.25) is 9.59 Å². The third-order valence-corrected chi connectivity index (χ3v) is 7.19. The highest BCUT2D eigenvalue weighted by Gasteiger charge is 2.30. The number of methoxy groups -OCH3 is 1. The summed E-state index contributed by atoms with van der Waals surface area (Å²) >= 11 is 1.74. The van der Waals surface area contributed by atoms with E-state index in [1.165, 1.54) is 5.56 Å². The first-order valence-electron chi connectivity index (χ1n) is 13.0. The number of hydrogen-bond donors (Lipinski definition) is 1. The van der Waals surface area contributed by atoms with Crippen molar-refractivity contribution in [1.29, 1.82) is 0 Å². The largest absolute Gasteiger partial charge is 0.497 e. The van der Waals surface area contributed by atoms with Crippen molar-refractivity contribution in [3.05, 3.63) is 102 Å². The van der Waals surface area contributed by atoms with Crippen molar-refractivity contribution in [2.45, 2.75) is 50.9 Å². The smallest absolute Gasteiger partial charge is 0.243 e. The molecule has 1 unspecified atom stereocenters. The average molecular weight is 519 g/mol. The van der Waals surface area contributed by atoms with Gasteiger partial charge >= 0.3 is 0 Å². The molecule has 0 heterocycles. The molecule has 5 nitrogen and oxygen atoms in total. The second-order valence-electron chi connectivity index (χ2n) is 9.01. The minimum absolute atomic E-state index is 0.0186. The van der Waals surface area contributed by atoms with Gasteiger partial charge in [0, 0.05) is 37.4 Å². The predicted octanol–water partition coefficient (Wildman–Crippen LogP) is 5.87. The Morgan fingerprint density at radius 2 is 1.59 bits per heavy atom. The molecular formula is C31H38N2O3S. The van der Waals surface area contributed by atoms with E-state index in [-0.39, 0.29) is 11.8 Å². The number of ether oxygens (including phenoxy) is 1. The van der Waals surface area contributed by atoms with Gasteiger partial charge in [-0.15, -0.1) is 0 Å². The lowest BCUT2D eigenvalue weighted by Crippen LogP contribution is -2.50. The molecule has 0 fully saturated rings. The summed E-state index contributed by atoms with van der Waals surface area (Å²) in [6, 6.07) is 27.3. The van der Waals surface area contributed by atoms with Gasteiger partial charge in [0.15, 0.2) is 0 Å². The highest BCUT2D eigenvalue weighted by molar-refractivity contribution is 7.98. The number of carbonyl (C=O) groups excluding carboxylic acids is 2. The number of carbonyl (C=O) groups is 2. The molecule has 0 aliphatic carbocycles. The molecule has 0 aliphatic rings. The molecule has 0 saturated heterocycles. The lowest BCUT2D eigenvalue weighted by atomic mass is 10.0. The summed E-state index contributed by atoms with van der Waals surface area (Å²) in [4.78, 5) is 28.9. The number of nitrogens with one attached hydrogen (secondary N) is 1. The maximum absolute atomic E-state index is 13.7. The first-order chi connectivity index (χ1) is 18.1. The van der Waals surface area contributed by atoms with Crippen molar-refractivity contribution in [1.82, 2.24) is 10.2 Å². The fourth-order valence-electron chi connectivity index (χ4n) is 4.09. The van der Waals surface area contributed by atoms with Crippen molar-refractivity contribution >= 4 is 23.6 Å². The van der Waals surface area contributed by atoms with Gasteiger partial charge in [-0.2, -0.15) is 11.8 Å². The second kappa shape index (κ2) is 15.8. The monoisotopic (exact) mass is 518 g/mol. The Balaban J connectivity index is 1.80. The number of amides is 2. The molecular weight excluding hydrogens is 480 g/mol. The Morgan fingerprint density at radius 1 is 0.919 bits per heavy atom. The zero-order valence-electron chi connectivity index (χ0n) is 21.9. The minimum Gasteiger partial charge on any atom is -0.497 e. The van der Waals surface area contributed by atoms with E-state index in [4.69, 9.17) is 4.74 Å². The van der Waals surface area contributed by atoms with Crippen LogP contribution in [0.1, 0.15) is 42.9 Å². The molecule has 0 aromatic heterocycles. The molecule has 0 spiro atoms. The maximum Gasteiger partial charge on any atom is 0.243 e. The van der Waals surface area contributed by atoms with Crippen LogP contribution in [0.5, 0.6) is 5.75 Å². The molecule has 3 aromatic carbocycles. The molecule has 196 valence electrons. The van der Waals surface area contributed by atoms with Crippen LogP contribution in [0.15, 0.2) is 84.9 Å². The normalized spacial score (nSPS) is 11.5. The number of benzene rings is 3. The molecule has 3 rings (SSSR count). The Kier molecular flexibility index (Phi) is 12.1. The van der Waals surface area contributed by atoms with Gasteiger partial charge in [0.25, 0.3) is 0 Å². The van der Waals surface area contributed by atoms with E-state index in [1.54, 1.807) is 23.8 Å². The van der Waals surface area contributed by atoms with Crippen molar-refractivity contribution in [2.75, 3.05) is 19.4 Å². The Labute approximate surface area is 225 Å². The van der Waals surface area contributed by atoms with Crippen LogP contribution in [-0.2, 0) is 28.3 Å². The quantitative estimate of drug-likeness (QED) is 0.256. The summed E-state index contributed by atoms with van der Waals surface area (Å²) in [7, 11) is 1.63. The van der Waals surface area contributed by atoms with Crippen LogP contribution in [0, 0.1) is 0 Å². The fourth-order valence-corrected chi connectivity index (χ4v) is 4.99. The second-order valence-corrected chi connectivity index (χ2v) is 10.1. The van der Waals surface area contributed by atoms with Crippen molar-refractivity contribution in [2.24, 2.45) is 0 Å². The van der Waals surface area contributed by atoms with Crippen LogP contribution < -0.4 is 10.1 Å². The fraction of sp³-hybridized carbons (Fsp3) is 0.355. The zero-order chi connectivity index (χ0) is 26.3. The van der Waals surface area contributed by atoms with Gasteiger partial charge in [0.05, 0.1) is 7.11 Å². The number of rotatable bonds is 15. The topological polar surface area (TPSA) is 58.6 Å². The summed E-state index contributed by atoms with van der Waals surface area (Å²) in [5, 5.41) is 3.07. The van der Waals surface area contributed by atoms with Gasteiger partial charge in [0.1, 0.15) is 11.8 Å². The summed E-state index contributed by atoms with van der Waals surface area (Å²) in [6.07, 6.45) is 2.74. The van der Waals surface area contributed by atoms with E-state index >= 15 is 0 Å². The predicted molar refractivity (Wildman–Crippen MR) is 153 cm³/mol. The number of thioether (sulfide) groups is 1. The molecule has 0 bridgehead atoms. The molecule has 0 aliphatic heterocycles. The van der Waals surface area contributed by atoms with E-state index in [1.807, 2.05) is 72.8 Å². The molecule has 2 amide bonds. The molecule has 37 heavy (non-hydrogen) atoms. The van der Waals surface area contributed by atoms with E-state index < -0.39 is 6.04 Å². The third-order valence-electron chi connectivity index (χ3n) is 6.16. The van der Waals surface area contributed by atoms with E-state index in [0.29, 0.717) is 31.7 Å². The number of unbranched alkanes of at least 4 members (excludes halogenated alkanes) is 1. The third kappa shape index (κ3) is 9.62. The Bertz CT molecular complexity index is 1090. The van der Waals surface area contributed by atoms with Crippen LogP contribution in [-0.4, -0.2) is 42.2 Å². The SMILES string of the molecule is CCCCNC(=O)C(Cc1ccccc1)N(Cc1cccc(OC)c1)C(=O)CCSCc1ccccc1. The lowest BCUT2D eigenvalue weighted by molar-refractivity contribution is -0.141. The highest BCUT2D eigenvalue weighted by Crippen LogP contribution is 2.20. The van der Waals surface area contributed by atoms with Crippen LogP contribution in [0.25, 0.3) is 0 Å². The van der Waals surface area contributed by atoms with Crippen LogP contribution in [0.4, 0.5) is 0 Å². The Hall–Kier alpha value is -3.25. The first kappa shape index (κ1) is 28.3. The zero-order valence-corrected chi connectivity index (χ0v) is 22.7. The van der Waals surface area contributed by atoms with Crippen LogP contribution in [0.2, 0.25) is 0 Å². The molecule has 1 atom stereocenters. The summed E-state index contributed by atoms with van der Waals surface area (Å²) in [5.41, 5.74) is 3.20. The molecule has 1 N–H and O–H groups in total. The maximum atomic E-state index is 13.7. The number of nitrogens with zero attached hydrogens (tertiary/aromatic N) is 1. The van der Waals surface area contributed by atoms with Crippen molar-refractivity contribution in [3.63, 3.8) is 0 Å². The van der Waals surface area contributed by atoms with Gasteiger partial charge in [-0.1, -0.05) is 86.1 Å². The van der Waals surface area contributed by atoms with Gasteiger partial charge in [-0.05, 0) is 35.2 Å². The summed E-state index contributed by atoms with van der Waals surface area (Å²) in [6.45, 7) is 3.05. The van der Waals surface area contributed by atoms with Crippen LogP contribution in [0.3, 0.4) is 0 Å². The summed E-state index contributed by atoms with van der Waals surface area (Å²) in [5.74, 6) is 2.16. The molecule has 0 radical (unpaired) electrons. The molecule has 6 heteroatoms. The van der Waals surface area contributed by atoms with Crippen molar-refractivity contribution < 1.29 is 14.3 Å². The molecule has 0 saturated carbocycles. The van der Waals surface area contributed by atoms with Gasteiger partial charge < -0.3 is 15.0 Å². The molecule has 3 aromatic rings. The standard InChI is InChI=1S/C31H38N2O3S/c1-3-4-19-32-31(35)29(22-25-12-7-5-8-13-25)33(23-27-16-11-17-28(21-27)36-2)30(34)18-20-37-24-26-14-9-6-10-15-26/h5-17,21,29H,3-4,18-20,22-24H2,1-2H3,(H,32,35). The van der Waals surface area contributed by atoms with E-state index in [9.17, 15) is 9.59 Å². The Morgan fingerprint density at radius 3 is 2.27 bits per heavy atom.